The number of carboxylic acid groups (broad SMARTS) is 1. The topological polar surface area (TPSA) is 101 Å². The molecule has 3 aromatic carbocycles. The fourth-order valence-corrected chi connectivity index (χ4v) is 3.92. The molecule has 0 heterocycles. The molecule has 0 saturated heterocycles. The monoisotopic (exact) mass is 484 g/mol. The Labute approximate surface area is 201 Å². The van der Waals surface area contributed by atoms with Gasteiger partial charge in [0.2, 0.25) is 5.91 Å². The van der Waals surface area contributed by atoms with Gasteiger partial charge in [-0.2, -0.15) is 0 Å². The lowest BCUT2D eigenvalue weighted by molar-refractivity contribution is -0.143. The zero-order chi connectivity index (χ0) is 24.0. The summed E-state index contributed by atoms with van der Waals surface area (Å²) in [5.41, 5.74) is 7.97. The summed E-state index contributed by atoms with van der Waals surface area (Å²) in [6, 6.07) is 20.1. The van der Waals surface area contributed by atoms with Crippen LogP contribution in [0.15, 0.2) is 72.8 Å². The molecule has 1 atom stereocenters. The molecule has 170 valence electrons. The molecule has 0 spiro atoms. The molecule has 8 heteroatoms. The molecule has 2 amide bonds. The van der Waals surface area contributed by atoms with Gasteiger partial charge in [-0.05, 0) is 47.4 Å². The summed E-state index contributed by atoms with van der Waals surface area (Å²) in [4.78, 5) is 38.0. The number of carbonyl (C=O) groups is 3. The van der Waals surface area contributed by atoms with E-state index >= 15 is 0 Å². The summed E-state index contributed by atoms with van der Waals surface area (Å²) in [6.07, 6.45) is -0.300. The molecule has 0 unspecified atom stereocenters. The third-order valence-corrected chi connectivity index (χ3v) is 5.77. The molecule has 3 N–H and O–H groups in total. The maximum absolute atomic E-state index is 13.4. The summed E-state index contributed by atoms with van der Waals surface area (Å²) < 4.78 is 0. The van der Waals surface area contributed by atoms with Crippen LogP contribution in [0.25, 0.3) is 11.1 Å². The van der Waals surface area contributed by atoms with E-state index in [-0.39, 0.29) is 19.4 Å². The van der Waals surface area contributed by atoms with Crippen LogP contribution >= 0.6 is 23.2 Å². The number of hydrogen-bond donors (Lipinski definition) is 2. The van der Waals surface area contributed by atoms with E-state index in [0.717, 1.165) is 11.1 Å². The average Bonchev–Trinajstić information content (AvgIpc) is 2.79. The number of aliphatic carboxylic acids is 1. The van der Waals surface area contributed by atoms with E-state index in [2.05, 4.69) is 0 Å². The Balaban J connectivity index is 1.95. The summed E-state index contributed by atoms with van der Waals surface area (Å²) in [7, 11) is 0. The number of rotatable bonds is 9. The minimum atomic E-state index is -1.27. The van der Waals surface area contributed by atoms with Crippen LogP contribution < -0.4 is 5.73 Å². The van der Waals surface area contributed by atoms with E-state index in [1.54, 1.807) is 36.4 Å². The molecule has 3 rings (SSSR count). The van der Waals surface area contributed by atoms with E-state index in [1.165, 1.54) is 11.0 Å². The highest BCUT2D eigenvalue weighted by Gasteiger charge is 2.31. The van der Waals surface area contributed by atoms with Gasteiger partial charge in [0.05, 0.1) is 0 Å². The first-order valence-electron chi connectivity index (χ1n) is 10.2. The summed E-state index contributed by atoms with van der Waals surface area (Å²) >= 11 is 12.2. The predicted molar refractivity (Wildman–Crippen MR) is 128 cm³/mol. The van der Waals surface area contributed by atoms with Crippen molar-refractivity contribution in [3.8, 4) is 11.1 Å². The third kappa shape index (κ3) is 6.34. The van der Waals surface area contributed by atoms with E-state index in [4.69, 9.17) is 28.9 Å². The first-order valence-corrected chi connectivity index (χ1v) is 10.9. The zero-order valence-corrected chi connectivity index (χ0v) is 19.1. The quantitative estimate of drug-likeness (QED) is 0.444. The summed E-state index contributed by atoms with van der Waals surface area (Å²) in [5.74, 6) is -2.39. The van der Waals surface area contributed by atoms with Crippen molar-refractivity contribution in [2.24, 2.45) is 5.73 Å². The molecule has 0 aliphatic carbocycles. The molecular formula is C25H22Cl2N2O4. The number of carbonyl (C=O) groups excluding carboxylic acids is 2. The van der Waals surface area contributed by atoms with Gasteiger partial charge in [0.25, 0.3) is 5.91 Å². The molecule has 6 nitrogen and oxygen atoms in total. The van der Waals surface area contributed by atoms with Gasteiger partial charge in [-0.3, -0.25) is 9.59 Å². The molecule has 0 saturated carbocycles. The number of hydrogen-bond acceptors (Lipinski definition) is 3. The van der Waals surface area contributed by atoms with Crippen LogP contribution in [0.4, 0.5) is 0 Å². The standard InChI is InChI=1S/C25H22Cl2N2O4/c26-20-11-10-19(21(27)14-20)15-29(22(25(32)33)12-13-23(28)30)24(31)18-8-6-17(7-9-18)16-4-2-1-3-5-16/h1-11,14,22H,12-13,15H2,(H2,28,30)(H,32,33)/t22-/m0/s1. The van der Waals surface area contributed by atoms with Crippen molar-refractivity contribution in [3.63, 3.8) is 0 Å². The highest BCUT2D eigenvalue weighted by atomic mass is 35.5. The first-order chi connectivity index (χ1) is 15.8. The van der Waals surface area contributed by atoms with Crippen LogP contribution in [-0.4, -0.2) is 33.8 Å². The Bertz CT molecular complexity index is 1150. The molecular weight excluding hydrogens is 463 g/mol. The van der Waals surface area contributed by atoms with Crippen molar-refractivity contribution in [2.45, 2.75) is 25.4 Å². The number of benzene rings is 3. The molecule has 3 aromatic rings. The fraction of sp³-hybridized carbons (Fsp3) is 0.160. The SMILES string of the molecule is NC(=O)CC[C@@H](C(=O)O)N(Cc1ccc(Cl)cc1Cl)C(=O)c1ccc(-c2ccccc2)cc1. The van der Waals surface area contributed by atoms with E-state index in [1.807, 2.05) is 30.3 Å². The Morgan fingerprint density at radius 3 is 2.12 bits per heavy atom. The number of nitrogens with two attached hydrogens (primary N) is 1. The number of nitrogens with zero attached hydrogens (tertiary/aromatic N) is 1. The largest absolute Gasteiger partial charge is 0.480 e. The number of carboxylic acids is 1. The number of primary amides is 1. The molecule has 0 aromatic heterocycles. The van der Waals surface area contributed by atoms with Crippen molar-refractivity contribution in [1.29, 1.82) is 0 Å². The van der Waals surface area contributed by atoms with Crippen molar-refractivity contribution in [3.05, 3.63) is 94.0 Å². The third-order valence-electron chi connectivity index (χ3n) is 5.18. The summed E-state index contributed by atoms with van der Waals surface area (Å²) in [6.45, 7) is -0.0784. The van der Waals surface area contributed by atoms with Crippen molar-refractivity contribution >= 4 is 41.0 Å². The maximum atomic E-state index is 13.4. The second-order valence-electron chi connectivity index (χ2n) is 7.47. The van der Waals surface area contributed by atoms with Gasteiger partial charge in [0.15, 0.2) is 0 Å². The second-order valence-corrected chi connectivity index (χ2v) is 8.31. The molecule has 0 aliphatic heterocycles. The minimum absolute atomic E-state index is 0.0784. The van der Waals surface area contributed by atoms with Gasteiger partial charge in [-0.1, -0.05) is 71.7 Å². The molecule has 0 fully saturated rings. The summed E-state index contributed by atoms with van der Waals surface area (Å²) in [5, 5.41) is 10.6. The van der Waals surface area contributed by atoms with Gasteiger partial charge in [-0.25, -0.2) is 4.79 Å². The second kappa shape index (κ2) is 11.0. The maximum Gasteiger partial charge on any atom is 0.326 e. The molecule has 0 bridgehead atoms. The Kier molecular flexibility index (Phi) is 8.09. The van der Waals surface area contributed by atoms with Crippen LogP contribution in [0, 0.1) is 0 Å². The lowest BCUT2D eigenvalue weighted by Crippen LogP contribution is -2.45. The van der Waals surface area contributed by atoms with Crippen LogP contribution in [0.3, 0.4) is 0 Å². The van der Waals surface area contributed by atoms with Crippen LogP contribution in [0.5, 0.6) is 0 Å². The van der Waals surface area contributed by atoms with Crippen molar-refractivity contribution < 1.29 is 19.5 Å². The van der Waals surface area contributed by atoms with Gasteiger partial charge < -0.3 is 15.7 Å². The van der Waals surface area contributed by atoms with Crippen molar-refractivity contribution in [1.82, 2.24) is 4.90 Å². The van der Waals surface area contributed by atoms with Gasteiger partial charge in [-0.15, -0.1) is 0 Å². The van der Waals surface area contributed by atoms with Gasteiger partial charge in [0, 0.05) is 28.6 Å². The molecule has 0 aliphatic rings. The fourth-order valence-electron chi connectivity index (χ4n) is 3.45. The van der Waals surface area contributed by atoms with Crippen LogP contribution in [-0.2, 0) is 16.1 Å². The highest BCUT2D eigenvalue weighted by Crippen LogP contribution is 2.26. The zero-order valence-electron chi connectivity index (χ0n) is 17.6. The Hall–Kier alpha value is -3.35. The molecule has 0 radical (unpaired) electrons. The first kappa shape index (κ1) is 24.3. The normalized spacial score (nSPS) is 11.6. The van der Waals surface area contributed by atoms with Gasteiger partial charge >= 0.3 is 5.97 Å². The Morgan fingerprint density at radius 1 is 0.909 bits per heavy atom. The Morgan fingerprint density at radius 2 is 1.55 bits per heavy atom. The predicted octanol–water partition coefficient (Wildman–Crippen LogP) is 5.02. The molecule has 33 heavy (non-hydrogen) atoms. The number of amides is 2. The minimum Gasteiger partial charge on any atom is -0.480 e. The lowest BCUT2D eigenvalue weighted by Gasteiger charge is -2.29. The van der Waals surface area contributed by atoms with Crippen molar-refractivity contribution in [2.75, 3.05) is 0 Å². The smallest absolute Gasteiger partial charge is 0.326 e. The van der Waals surface area contributed by atoms with E-state index in [9.17, 15) is 19.5 Å². The van der Waals surface area contributed by atoms with E-state index < -0.39 is 23.8 Å². The van der Waals surface area contributed by atoms with E-state index in [0.29, 0.717) is 21.2 Å². The number of halogens is 2. The van der Waals surface area contributed by atoms with Gasteiger partial charge in [0.1, 0.15) is 6.04 Å². The van der Waals surface area contributed by atoms with Crippen LogP contribution in [0.1, 0.15) is 28.8 Å². The average molecular weight is 485 g/mol. The lowest BCUT2D eigenvalue weighted by atomic mass is 10.0. The highest BCUT2D eigenvalue weighted by molar-refractivity contribution is 6.35. The van der Waals surface area contributed by atoms with Crippen LogP contribution in [0.2, 0.25) is 10.0 Å².